The molecule has 0 heterocycles. The van der Waals surface area contributed by atoms with Crippen LogP contribution in [0.5, 0.6) is 0 Å². The Hall–Kier alpha value is -0.610. The van der Waals surface area contributed by atoms with Crippen LogP contribution in [0.15, 0.2) is 0 Å². The summed E-state index contributed by atoms with van der Waals surface area (Å²) in [6.45, 7) is -0.538. The van der Waals surface area contributed by atoms with Gasteiger partial charge in [0.05, 0.1) is 0 Å². The number of halogens is 3. The molecule has 0 amide bonds. The molecular weight excluding hydrogens is 242 g/mol. The minimum atomic E-state index is -1.76. The Morgan fingerprint density at radius 1 is 1.54 bits per heavy atom. The Labute approximate surface area is 88.1 Å². The first kappa shape index (κ1) is 12.4. The molecule has 0 radical (unpaired) electrons. The summed E-state index contributed by atoms with van der Waals surface area (Å²) >= 11 is 15.7. The van der Waals surface area contributed by atoms with Gasteiger partial charge in [0.25, 0.3) is 0 Å². The fourth-order valence-corrected chi connectivity index (χ4v) is 0.497. The Morgan fingerprint density at radius 3 is 2.38 bits per heavy atom. The summed E-state index contributed by atoms with van der Waals surface area (Å²) in [6.07, 6.45) is 0.0146. The minimum Gasteiger partial charge on any atom is -0.452 e. The van der Waals surface area contributed by atoms with Crippen molar-refractivity contribution in [2.75, 3.05) is 6.61 Å². The second-order valence-corrected chi connectivity index (χ2v) is 4.31. The molecule has 0 atom stereocenters. The fraction of sp³-hybridized carbons (Fsp3) is 0.400. The molecular formula is C5H3Cl3N2O3. The van der Waals surface area contributed by atoms with E-state index >= 15 is 0 Å². The quantitative estimate of drug-likeness (QED) is 0.140. The molecule has 0 aromatic carbocycles. The lowest BCUT2D eigenvalue weighted by molar-refractivity contribution is -0.141. The summed E-state index contributed by atoms with van der Waals surface area (Å²) in [7, 11) is 0. The zero-order valence-corrected chi connectivity index (χ0v) is 8.31. The molecule has 0 aliphatic carbocycles. The van der Waals surface area contributed by atoms with Crippen molar-refractivity contribution in [3.8, 4) is 0 Å². The molecule has 0 fully saturated rings. The van der Waals surface area contributed by atoms with E-state index < -0.39 is 22.1 Å². The van der Waals surface area contributed by atoms with E-state index in [-0.39, 0.29) is 6.29 Å². The molecule has 8 heteroatoms. The lowest BCUT2D eigenvalue weighted by Crippen LogP contribution is -2.24. The van der Waals surface area contributed by atoms with Gasteiger partial charge in [-0.2, -0.15) is 4.79 Å². The molecule has 0 N–H and O–H groups in total. The SMILES string of the molecule is [N-]=[N+]=C(C=O)C(=O)OCC(Cl)(Cl)Cl. The Morgan fingerprint density at radius 2 is 2.08 bits per heavy atom. The van der Waals surface area contributed by atoms with Gasteiger partial charge in [-0.25, -0.2) is 4.79 Å². The number of nitrogens with zero attached hydrogens (tertiary/aromatic N) is 2. The fourth-order valence-electron chi connectivity index (χ4n) is 0.334. The number of hydrogen-bond acceptors (Lipinski definition) is 3. The molecule has 13 heavy (non-hydrogen) atoms. The number of esters is 1. The Bertz CT molecular complexity index is 267. The van der Waals surface area contributed by atoms with E-state index in [9.17, 15) is 9.59 Å². The van der Waals surface area contributed by atoms with Gasteiger partial charge in [-0.05, 0) is 0 Å². The highest BCUT2D eigenvalue weighted by atomic mass is 35.6. The molecule has 0 unspecified atom stereocenters. The highest BCUT2D eigenvalue weighted by Gasteiger charge is 2.27. The van der Waals surface area contributed by atoms with Gasteiger partial charge in [-0.1, -0.05) is 34.8 Å². The summed E-state index contributed by atoms with van der Waals surface area (Å²) in [5.74, 6) is -1.16. The molecule has 0 aliphatic heterocycles. The van der Waals surface area contributed by atoms with Crippen molar-refractivity contribution >= 4 is 52.8 Å². The van der Waals surface area contributed by atoms with Crippen molar-refractivity contribution in [1.82, 2.24) is 0 Å². The predicted molar refractivity (Wildman–Crippen MR) is 45.9 cm³/mol. The first-order valence-corrected chi connectivity index (χ1v) is 3.95. The summed E-state index contributed by atoms with van der Waals surface area (Å²) in [5.41, 5.74) is 7.29. The summed E-state index contributed by atoms with van der Waals surface area (Å²) < 4.78 is 2.53. The smallest absolute Gasteiger partial charge is 0.438 e. The van der Waals surface area contributed by atoms with Gasteiger partial charge in [-0.3, -0.25) is 4.79 Å². The van der Waals surface area contributed by atoms with Crippen molar-refractivity contribution in [3.63, 3.8) is 0 Å². The van der Waals surface area contributed by atoms with Crippen LogP contribution in [-0.4, -0.2) is 33.2 Å². The predicted octanol–water partition coefficient (Wildman–Crippen LogP) is 0.769. The van der Waals surface area contributed by atoms with E-state index in [1.165, 1.54) is 0 Å². The first-order valence-electron chi connectivity index (χ1n) is 2.82. The van der Waals surface area contributed by atoms with Crippen LogP contribution in [0, 0.1) is 0 Å². The molecule has 0 saturated heterocycles. The van der Waals surface area contributed by atoms with Gasteiger partial charge in [-0.15, -0.1) is 0 Å². The lowest BCUT2D eigenvalue weighted by Gasteiger charge is -2.08. The molecule has 0 aromatic heterocycles. The maximum absolute atomic E-state index is 10.7. The molecule has 0 rings (SSSR count). The lowest BCUT2D eigenvalue weighted by atomic mass is 10.4. The number of ether oxygens (including phenoxy) is 1. The average molecular weight is 245 g/mol. The normalized spacial score (nSPS) is 10.1. The van der Waals surface area contributed by atoms with Gasteiger partial charge in [0.1, 0.15) is 6.61 Å². The highest BCUT2D eigenvalue weighted by molar-refractivity contribution is 6.67. The van der Waals surface area contributed by atoms with E-state index in [2.05, 4.69) is 9.53 Å². The van der Waals surface area contributed by atoms with Gasteiger partial charge in [0, 0.05) is 0 Å². The van der Waals surface area contributed by atoms with Crippen LogP contribution in [0.3, 0.4) is 0 Å². The third-order valence-corrected chi connectivity index (χ3v) is 1.12. The summed E-state index contributed by atoms with van der Waals surface area (Å²) in [6, 6.07) is 0. The zero-order chi connectivity index (χ0) is 10.5. The van der Waals surface area contributed by atoms with Crippen LogP contribution in [0.1, 0.15) is 0 Å². The van der Waals surface area contributed by atoms with E-state index in [0.29, 0.717) is 0 Å². The van der Waals surface area contributed by atoms with Crippen LogP contribution in [0.4, 0.5) is 0 Å². The van der Waals surface area contributed by atoms with Crippen LogP contribution in [-0.2, 0) is 14.3 Å². The number of carbonyl (C=O) groups excluding carboxylic acids is 2. The summed E-state index contributed by atoms with van der Waals surface area (Å²) in [5, 5.41) is 0. The topological polar surface area (TPSA) is 79.8 Å². The third kappa shape index (κ3) is 5.60. The molecule has 0 bridgehead atoms. The summed E-state index contributed by atoms with van der Waals surface area (Å²) in [4.78, 5) is 23.1. The monoisotopic (exact) mass is 244 g/mol. The van der Waals surface area contributed by atoms with Crippen LogP contribution >= 0.6 is 34.8 Å². The number of aldehydes is 1. The third-order valence-electron chi connectivity index (χ3n) is 0.795. The number of alkyl halides is 3. The van der Waals surface area contributed by atoms with Gasteiger partial charge >= 0.3 is 11.7 Å². The molecule has 0 saturated carbocycles. The van der Waals surface area contributed by atoms with E-state index in [0.717, 1.165) is 0 Å². The molecule has 0 aliphatic rings. The molecule has 5 nitrogen and oxygen atoms in total. The maximum Gasteiger partial charge on any atom is 0.438 e. The van der Waals surface area contributed by atoms with Crippen molar-refractivity contribution in [2.45, 2.75) is 3.79 Å². The van der Waals surface area contributed by atoms with Crippen molar-refractivity contribution in [1.29, 1.82) is 0 Å². The number of carbonyl (C=O) groups is 2. The van der Waals surface area contributed by atoms with Gasteiger partial charge in [0.2, 0.25) is 10.1 Å². The van der Waals surface area contributed by atoms with Gasteiger partial charge < -0.3 is 10.3 Å². The Balaban J connectivity index is 4.18. The van der Waals surface area contributed by atoms with E-state index in [1.807, 2.05) is 0 Å². The van der Waals surface area contributed by atoms with Crippen molar-refractivity contribution < 1.29 is 19.1 Å². The largest absolute Gasteiger partial charge is 0.452 e. The van der Waals surface area contributed by atoms with Crippen LogP contribution in [0.2, 0.25) is 0 Å². The number of hydrogen-bond donors (Lipinski definition) is 0. The standard InChI is InChI=1S/C5H3Cl3N2O3/c6-5(7,8)2-13-4(12)3(1-11)10-9/h1H,2H2. The highest BCUT2D eigenvalue weighted by Crippen LogP contribution is 2.25. The molecule has 72 valence electrons. The van der Waals surface area contributed by atoms with Gasteiger partial charge in [0.15, 0.2) is 0 Å². The van der Waals surface area contributed by atoms with E-state index in [1.54, 1.807) is 0 Å². The number of rotatable bonds is 3. The van der Waals surface area contributed by atoms with Crippen LogP contribution < -0.4 is 0 Å². The second kappa shape index (κ2) is 5.19. The van der Waals surface area contributed by atoms with Crippen molar-refractivity contribution in [3.05, 3.63) is 5.53 Å². The van der Waals surface area contributed by atoms with E-state index in [4.69, 9.17) is 40.3 Å². The molecule has 0 aromatic rings. The zero-order valence-electron chi connectivity index (χ0n) is 6.04. The van der Waals surface area contributed by atoms with Crippen LogP contribution in [0.25, 0.3) is 5.53 Å². The second-order valence-electron chi connectivity index (χ2n) is 1.79. The first-order chi connectivity index (χ1) is 5.90. The minimum absolute atomic E-state index is 0.0146. The van der Waals surface area contributed by atoms with Crippen molar-refractivity contribution in [2.24, 2.45) is 0 Å². The average Bonchev–Trinajstić information content (AvgIpc) is 2.02. The Kier molecular flexibility index (Phi) is 4.95. The maximum atomic E-state index is 10.7. The molecule has 0 spiro atoms.